The number of hydrogen-bond donors (Lipinski definition) is 2. The van der Waals surface area contributed by atoms with Gasteiger partial charge in [-0.2, -0.15) is 0 Å². The lowest BCUT2D eigenvalue weighted by Crippen LogP contribution is -2.45. The van der Waals surface area contributed by atoms with E-state index < -0.39 is 0 Å². The molecule has 2 N–H and O–H groups in total. The maximum absolute atomic E-state index is 5.39. The summed E-state index contributed by atoms with van der Waals surface area (Å²) >= 11 is 3.43. The quantitative estimate of drug-likeness (QED) is 0.617. The topological polar surface area (TPSA) is 45.7 Å². The molecule has 0 unspecified atom stereocenters. The molecule has 4 nitrogen and oxygen atoms in total. The first kappa shape index (κ1) is 17.0. The molecule has 0 saturated carbocycles. The third-order valence-corrected chi connectivity index (χ3v) is 3.44. The van der Waals surface area contributed by atoms with Gasteiger partial charge in [0.25, 0.3) is 0 Å². The van der Waals surface area contributed by atoms with Gasteiger partial charge in [0.2, 0.25) is 0 Å². The monoisotopic (exact) mass is 341 g/mol. The van der Waals surface area contributed by atoms with E-state index >= 15 is 0 Å². The van der Waals surface area contributed by atoms with Crippen molar-refractivity contribution in [3.8, 4) is 0 Å². The van der Waals surface area contributed by atoms with Gasteiger partial charge in [-0.15, -0.1) is 0 Å². The van der Waals surface area contributed by atoms with Crippen molar-refractivity contribution in [2.45, 2.75) is 32.9 Å². The molecule has 112 valence electrons. The number of halogens is 1. The summed E-state index contributed by atoms with van der Waals surface area (Å²) in [5, 5.41) is 6.53. The molecule has 0 heterocycles. The Morgan fingerprint density at radius 2 is 1.90 bits per heavy atom. The van der Waals surface area contributed by atoms with Crippen molar-refractivity contribution in [3.05, 3.63) is 34.3 Å². The molecule has 0 bridgehead atoms. The van der Waals surface area contributed by atoms with E-state index in [1.165, 1.54) is 5.56 Å². The average molecular weight is 342 g/mol. The van der Waals surface area contributed by atoms with Crippen LogP contribution >= 0.6 is 15.9 Å². The minimum absolute atomic E-state index is 0.214. The third-order valence-electron chi connectivity index (χ3n) is 2.91. The highest BCUT2D eigenvalue weighted by Gasteiger charge is 2.16. The number of nitrogens with one attached hydrogen (secondary N) is 2. The summed E-state index contributed by atoms with van der Waals surface area (Å²) in [4.78, 5) is 4.57. The second-order valence-corrected chi connectivity index (χ2v) is 6.05. The van der Waals surface area contributed by atoms with Crippen LogP contribution in [-0.2, 0) is 11.3 Å². The Balaban J connectivity index is 2.60. The van der Waals surface area contributed by atoms with Gasteiger partial charge in [-0.25, -0.2) is 4.99 Å². The summed E-state index contributed by atoms with van der Waals surface area (Å²) in [6, 6.07) is 8.19. The number of nitrogens with zero attached hydrogens (tertiary/aromatic N) is 1. The number of guanidine groups is 1. The highest BCUT2D eigenvalue weighted by Crippen LogP contribution is 2.11. The van der Waals surface area contributed by atoms with Gasteiger partial charge in [-0.1, -0.05) is 28.1 Å². The first-order valence-corrected chi connectivity index (χ1v) is 7.58. The lowest BCUT2D eigenvalue weighted by molar-refractivity contribution is 0.0268. The van der Waals surface area contributed by atoms with Crippen LogP contribution in [0.1, 0.15) is 26.3 Å². The van der Waals surface area contributed by atoms with Gasteiger partial charge in [0.15, 0.2) is 5.96 Å². The molecule has 0 spiro atoms. The van der Waals surface area contributed by atoms with Gasteiger partial charge in [0.1, 0.15) is 0 Å². The van der Waals surface area contributed by atoms with E-state index in [2.05, 4.69) is 50.6 Å². The summed E-state index contributed by atoms with van der Waals surface area (Å²) in [5.41, 5.74) is 0.963. The van der Waals surface area contributed by atoms with Crippen LogP contribution in [0.3, 0.4) is 0 Å². The molecule has 1 aromatic carbocycles. The number of rotatable bonds is 6. The largest absolute Gasteiger partial charge is 0.377 e. The molecule has 0 aliphatic carbocycles. The number of hydrogen-bond acceptors (Lipinski definition) is 2. The number of benzene rings is 1. The van der Waals surface area contributed by atoms with Crippen molar-refractivity contribution in [2.24, 2.45) is 4.99 Å². The maximum Gasteiger partial charge on any atom is 0.191 e. The fourth-order valence-corrected chi connectivity index (χ4v) is 1.73. The molecule has 0 fully saturated rings. The molecule has 0 aromatic heterocycles. The first-order chi connectivity index (χ1) is 9.46. The summed E-state index contributed by atoms with van der Waals surface area (Å²) in [6.45, 7) is 8.32. The van der Waals surface area contributed by atoms with Crippen molar-refractivity contribution in [3.63, 3.8) is 0 Å². The predicted molar refractivity (Wildman–Crippen MR) is 88.0 cm³/mol. The van der Waals surface area contributed by atoms with Crippen molar-refractivity contribution >= 4 is 21.9 Å². The summed E-state index contributed by atoms with van der Waals surface area (Å²) in [7, 11) is 1.72. The van der Waals surface area contributed by atoms with Crippen LogP contribution < -0.4 is 10.6 Å². The fourth-order valence-electron chi connectivity index (χ4n) is 1.47. The predicted octanol–water partition coefficient (Wildman–Crippen LogP) is 2.93. The molecule has 0 atom stereocenters. The third kappa shape index (κ3) is 6.39. The number of methoxy groups -OCH3 is 1. The first-order valence-electron chi connectivity index (χ1n) is 6.78. The normalized spacial score (nSPS) is 12.3. The smallest absolute Gasteiger partial charge is 0.191 e. The molecule has 0 radical (unpaired) electrons. The standard InChI is InChI=1S/C15H24BrN3O/c1-5-17-14(19-11-15(2,3)20-4)18-10-12-6-8-13(16)9-7-12/h6-9H,5,10-11H2,1-4H3,(H2,17,18,19). The second kappa shape index (κ2) is 8.27. The van der Waals surface area contributed by atoms with Crippen molar-refractivity contribution in [1.82, 2.24) is 10.6 Å². The minimum atomic E-state index is -0.214. The lowest BCUT2D eigenvalue weighted by Gasteiger charge is -2.24. The van der Waals surface area contributed by atoms with Crippen LogP contribution in [0.25, 0.3) is 0 Å². The molecule has 0 aliphatic heterocycles. The van der Waals surface area contributed by atoms with Crippen LogP contribution in [0.4, 0.5) is 0 Å². The minimum Gasteiger partial charge on any atom is -0.377 e. The Morgan fingerprint density at radius 3 is 2.45 bits per heavy atom. The zero-order valence-corrected chi connectivity index (χ0v) is 14.3. The van der Waals surface area contributed by atoms with Crippen LogP contribution in [0.5, 0.6) is 0 Å². The SMILES string of the molecule is CCNC(=NCc1ccc(Br)cc1)NCC(C)(C)OC. The van der Waals surface area contributed by atoms with Crippen molar-refractivity contribution < 1.29 is 4.74 Å². The van der Waals surface area contributed by atoms with E-state index in [-0.39, 0.29) is 5.60 Å². The van der Waals surface area contributed by atoms with Gasteiger partial charge in [0.05, 0.1) is 12.1 Å². The van der Waals surface area contributed by atoms with Gasteiger partial charge >= 0.3 is 0 Å². The molecular weight excluding hydrogens is 318 g/mol. The Hall–Kier alpha value is -1.07. The van der Waals surface area contributed by atoms with E-state index in [4.69, 9.17) is 4.74 Å². The van der Waals surface area contributed by atoms with E-state index in [1.807, 2.05) is 26.0 Å². The summed E-state index contributed by atoms with van der Waals surface area (Å²) < 4.78 is 6.47. The second-order valence-electron chi connectivity index (χ2n) is 5.14. The van der Waals surface area contributed by atoms with Gasteiger partial charge in [0, 0.05) is 24.7 Å². The molecule has 1 rings (SSSR count). The lowest BCUT2D eigenvalue weighted by atomic mass is 10.1. The Morgan fingerprint density at radius 1 is 1.25 bits per heavy atom. The van der Waals surface area contributed by atoms with Crippen LogP contribution in [0, 0.1) is 0 Å². The zero-order chi connectivity index (χ0) is 15.0. The van der Waals surface area contributed by atoms with E-state index in [0.717, 1.165) is 17.0 Å². The summed E-state index contributed by atoms with van der Waals surface area (Å²) in [5.74, 6) is 0.806. The molecule has 0 aliphatic rings. The number of ether oxygens (including phenoxy) is 1. The fraction of sp³-hybridized carbons (Fsp3) is 0.533. The van der Waals surface area contributed by atoms with Crippen molar-refractivity contribution in [2.75, 3.05) is 20.2 Å². The Kier molecular flexibility index (Phi) is 7.02. The molecule has 0 amide bonds. The molecule has 20 heavy (non-hydrogen) atoms. The van der Waals surface area contributed by atoms with Crippen molar-refractivity contribution in [1.29, 1.82) is 0 Å². The molecule has 1 aromatic rings. The average Bonchev–Trinajstić information content (AvgIpc) is 2.44. The van der Waals surface area contributed by atoms with Crippen LogP contribution in [0.15, 0.2) is 33.7 Å². The Labute approximate surface area is 130 Å². The Bertz CT molecular complexity index is 429. The van der Waals surface area contributed by atoms with E-state index in [0.29, 0.717) is 13.1 Å². The van der Waals surface area contributed by atoms with E-state index in [1.54, 1.807) is 7.11 Å². The highest BCUT2D eigenvalue weighted by atomic mass is 79.9. The molecular formula is C15H24BrN3O. The molecule has 5 heteroatoms. The number of aliphatic imine (C=N–C) groups is 1. The highest BCUT2D eigenvalue weighted by molar-refractivity contribution is 9.10. The van der Waals surface area contributed by atoms with Gasteiger partial charge in [-0.05, 0) is 38.5 Å². The zero-order valence-electron chi connectivity index (χ0n) is 12.7. The summed E-state index contributed by atoms with van der Waals surface area (Å²) in [6.07, 6.45) is 0. The van der Waals surface area contributed by atoms with Gasteiger partial charge in [-0.3, -0.25) is 0 Å². The van der Waals surface area contributed by atoms with E-state index in [9.17, 15) is 0 Å². The molecule has 0 saturated heterocycles. The van der Waals surface area contributed by atoms with Crippen LogP contribution in [-0.4, -0.2) is 31.8 Å². The van der Waals surface area contributed by atoms with Crippen LogP contribution in [0.2, 0.25) is 0 Å². The maximum atomic E-state index is 5.39. The van der Waals surface area contributed by atoms with Gasteiger partial charge < -0.3 is 15.4 Å².